The Bertz CT molecular complexity index is 673. The lowest BCUT2D eigenvalue weighted by Gasteiger charge is -2.06. The Kier molecular flexibility index (Phi) is 3.96. The lowest BCUT2D eigenvalue weighted by Crippen LogP contribution is -2.08. The van der Waals surface area contributed by atoms with Gasteiger partial charge in [-0.2, -0.15) is 0 Å². The molecule has 2 rings (SSSR count). The highest BCUT2D eigenvalue weighted by molar-refractivity contribution is 9.10. The van der Waals surface area contributed by atoms with E-state index in [-0.39, 0.29) is 9.50 Å². The summed E-state index contributed by atoms with van der Waals surface area (Å²) in [7, 11) is 0. The molecule has 0 spiro atoms. The summed E-state index contributed by atoms with van der Waals surface area (Å²) in [6.07, 6.45) is 0. The first kappa shape index (κ1) is 14.1. The van der Waals surface area contributed by atoms with Crippen LogP contribution in [0.2, 0.25) is 5.02 Å². The maximum Gasteiger partial charge on any atom is 0.199 e. The first-order valence-corrected chi connectivity index (χ1v) is 6.22. The van der Waals surface area contributed by atoms with Gasteiger partial charge in [0.2, 0.25) is 0 Å². The molecule has 2 aromatic rings. The van der Waals surface area contributed by atoms with Gasteiger partial charge in [-0.25, -0.2) is 13.2 Å². The third-order valence-corrected chi connectivity index (χ3v) is 3.65. The Morgan fingerprint density at radius 3 is 2.42 bits per heavy atom. The Morgan fingerprint density at radius 2 is 1.74 bits per heavy atom. The largest absolute Gasteiger partial charge is 0.288 e. The van der Waals surface area contributed by atoms with Crippen LogP contribution in [0.5, 0.6) is 0 Å². The second kappa shape index (κ2) is 5.35. The zero-order valence-electron chi connectivity index (χ0n) is 9.18. The summed E-state index contributed by atoms with van der Waals surface area (Å²) in [6, 6.07) is 5.18. The molecule has 2 aromatic carbocycles. The smallest absolute Gasteiger partial charge is 0.199 e. The number of ketones is 1. The predicted molar refractivity (Wildman–Crippen MR) is 68.9 cm³/mol. The zero-order chi connectivity index (χ0) is 14.2. The second-order valence-electron chi connectivity index (χ2n) is 3.68. The molecule has 0 amide bonds. The van der Waals surface area contributed by atoms with Gasteiger partial charge in [0.05, 0.1) is 16.1 Å². The molecule has 0 aliphatic carbocycles. The maximum atomic E-state index is 13.7. The van der Waals surface area contributed by atoms with Crippen molar-refractivity contribution in [1.29, 1.82) is 0 Å². The van der Waals surface area contributed by atoms with E-state index in [4.69, 9.17) is 11.6 Å². The number of carbonyl (C=O) groups excluding carboxylic acids is 1. The van der Waals surface area contributed by atoms with E-state index in [2.05, 4.69) is 15.9 Å². The summed E-state index contributed by atoms with van der Waals surface area (Å²) in [5, 5.41) is 0.0987. The van der Waals surface area contributed by atoms with Crippen LogP contribution in [-0.2, 0) is 0 Å². The van der Waals surface area contributed by atoms with Gasteiger partial charge in [-0.1, -0.05) is 17.7 Å². The van der Waals surface area contributed by atoms with Crippen LogP contribution in [0.4, 0.5) is 13.2 Å². The third kappa shape index (κ3) is 2.67. The molecule has 0 saturated carbocycles. The van der Waals surface area contributed by atoms with Gasteiger partial charge in [0.15, 0.2) is 17.4 Å². The van der Waals surface area contributed by atoms with Crippen LogP contribution in [0.25, 0.3) is 0 Å². The van der Waals surface area contributed by atoms with Crippen molar-refractivity contribution < 1.29 is 18.0 Å². The van der Waals surface area contributed by atoms with E-state index >= 15 is 0 Å². The van der Waals surface area contributed by atoms with Gasteiger partial charge in [-0.3, -0.25) is 4.79 Å². The van der Waals surface area contributed by atoms with Crippen molar-refractivity contribution in [2.24, 2.45) is 0 Å². The van der Waals surface area contributed by atoms with E-state index in [1.807, 2.05) is 0 Å². The van der Waals surface area contributed by atoms with E-state index in [1.165, 1.54) is 6.07 Å². The normalized spacial score (nSPS) is 10.6. The summed E-state index contributed by atoms with van der Waals surface area (Å²) in [5.41, 5.74) is -0.963. The minimum atomic E-state index is -1.31. The third-order valence-electron chi connectivity index (χ3n) is 2.45. The molecule has 0 atom stereocenters. The van der Waals surface area contributed by atoms with Crippen molar-refractivity contribution in [1.82, 2.24) is 0 Å². The average molecular weight is 350 g/mol. The fourth-order valence-corrected chi connectivity index (χ4v) is 2.00. The van der Waals surface area contributed by atoms with Crippen LogP contribution >= 0.6 is 27.5 Å². The van der Waals surface area contributed by atoms with Crippen molar-refractivity contribution in [3.05, 3.63) is 68.4 Å². The minimum Gasteiger partial charge on any atom is -0.288 e. The molecule has 0 unspecified atom stereocenters. The van der Waals surface area contributed by atoms with Gasteiger partial charge >= 0.3 is 0 Å². The van der Waals surface area contributed by atoms with Crippen molar-refractivity contribution in [2.45, 2.75) is 0 Å². The molecular formula is C13H5BrClF3O. The number of benzene rings is 2. The van der Waals surface area contributed by atoms with Crippen LogP contribution in [0.3, 0.4) is 0 Å². The van der Waals surface area contributed by atoms with E-state index < -0.39 is 34.4 Å². The molecule has 0 aliphatic rings. The van der Waals surface area contributed by atoms with Gasteiger partial charge in [-0.05, 0) is 40.2 Å². The average Bonchev–Trinajstić information content (AvgIpc) is 2.36. The standard InChI is InChI=1S/C13H5BrClF3O/c14-8-5-11(17)7(4-9(8)15)13(19)6-2-1-3-10(16)12(6)18/h1-5H. The number of halogens is 5. The quantitative estimate of drug-likeness (QED) is 0.565. The highest BCUT2D eigenvalue weighted by Crippen LogP contribution is 2.27. The first-order chi connectivity index (χ1) is 8.91. The van der Waals surface area contributed by atoms with Crippen molar-refractivity contribution in [3.8, 4) is 0 Å². The Balaban J connectivity index is 2.56. The van der Waals surface area contributed by atoms with Crippen LogP contribution in [-0.4, -0.2) is 5.78 Å². The van der Waals surface area contributed by atoms with Crippen LogP contribution in [0.1, 0.15) is 15.9 Å². The monoisotopic (exact) mass is 348 g/mol. The van der Waals surface area contributed by atoms with Crippen molar-refractivity contribution in [2.75, 3.05) is 0 Å². The molecule has 98 valence electrons. The maximum absolute atomic E-state index is 13.7. The molecule has 0 aliphatic heterocycles. The number of carbonyl (C=O) groups is 1. The Hall–Kier alpha value is -1.33. The molecule has 19 heavy (non-hydrogen) atoms. The number of hydrogen-bond acceptors (Lipinski definition) is 1. The summed E-state index contributed by atoms with van der Waals surface area (Å²) in [4.78, 5) is 12.0. The molecule has 0 aromatic heterocycles. The molecule has 0 saturated heterocycles. The molecule has 1 nitrogen and oxygen atoms in total. The Morgan fingerprint density at radius 1 is 1.05 bits per heavy atom. The van der Waals surface area contributed by atoms with E-state index in [0.29, 0.717) is 0 Å². The Labute approximate surface area is 120 Å². The van der Waals surface area contributed by atoms with Gasteiger partial charge in [-0.15, -0.1) is 0 Å². The molecule has 6 heteroatoms. The summed E-state index contributed by atoms with van der Waals surface area (Å²) in [6.45, 7) is 0. The fourth-order valence-electron chi connectivity index (χ4n) is 1.52. The number of rotatable bonds is 2. The highest BCUT2D eigenvalue weighted by atomic mass is 79.9. The SMILES string of the molecule is O=C(c1cc(Cl)c(Br)cc1F)c1cccc(F)c1F. The topological polar surface area (TPSA) is 17.1 Å². The van der Waals surface area contributed by atoms with E-state index in [0.717, 1.165) is 24.3 Å². The van der Waals surface area contributed by atoms with E-state index in [1.54, 1.807) is 0 Å². The van der Waals surface area contributed by atoms with Crippen LogP contribution in [0, 0.1) is 17.5 Å². The van der Waals surface area contributed by atoms with Crippen LogP contribution < -0.4 is 0 Å². The van der Waals surface area contributed by atoms with Gasteiger partial charge < -0.3 is 0 Å². The van der Waals surface area contributed by atoms with Gasteiger partial charge in [0.25, 0.3) is 0 Å². The van der Waals surface area contributed by atoms with Crippen molar-refractivity contribution >= 4 is 33.3 Å². The summed E-state index contributed by atoms with van der Waals surface area (Å²) < 4.78 is 40.5. The molecule has 0 bridgehead atoms. The fraction of sp³-hybridized carbons (Fsp3) is 0. The second-order valence-corrected chi connectivity index (χ2v) is 4.94. The summed E-state index contributed by atoms with van der Waals surface area (Å²) >= 11 is 8.75. The molecule has 0 heterocycles. The molecule has 0 radical (unpaired) electrons. The number of hydrogen-bond donors (Lipinski definition) is 0. The van der Waals surface area contributed by atoms with Crippen molar-refractivity contribution in [3.63, 3.8) is 0 Å². The molecule has 0 fully saturated rings. The predicted octanol–water partition coefficient (Wildman–Crippen LogP) is 4.75. The zero-order valence-corrected chi connectivity index (χ0v) is 11.5. The summed E-state index contributed by atoms with van der Waals surface area (Å²) in [5.74, 6) is -4.32. The lowest BCUT2D eigenvalue weighted by molar-refractivity contribution is 0.103. The van der Waals surface area contributed by atoms with Gasteiger partial charge in [0.1, 0.15) is 5.82 Å². The van der Waals surface area contributed by atoms with E-state index in [9.17, 15) is 18.0 Å². The molecule has 0 N–H and O–H groups in total. The molecular weight excluding hydrogens is 344 g/mol. The van der Waals surface area contributed by atoms with Crippen LogP contribution in [0.15, 0.2) is 34.8 Å². The first-order valence-electron chi connectivity index (χ1n) is 5.05. The minimum absolute atomic E-state index is 0.0987. The lowest BCUT2D eigenvalue weighted by atomic mass is 10.0. The highest BCUT2D eigenvalue weighted by Gasteiger charge is 2.21. The van der Waals surface area contributed by atoms with Gasteiger partial charge in [0, 0.05) is 4.47 Å².